The fourth-order valence-electron chi connectivity index (χ4n) is 1.60. The number of hydrogen-bond acceptors (Lipinski definition) is 4. The Labute approximate surface area is 106 Å². The first-order valence-electron chi connectivity index (χ1n) is 5.94. The van der Waals surface area contributed by atoms with Crippen molar-refractivity contribution < 1.29 is 19.0 Å². The molecule has 1 aromatic carbocycles. The molecule has 5 nitrogen and oxygen atoms in total. The number of amides is 1. The summed E-state index contributed by atoms with van der Waals surface area (Å²) in [5, 5.41) is 0. The van der Waals surface area contributed by atoms with Crippen molar-refractivity contribution in [1.82, 2.24) is 0 Å². The summed E-state index contributed by atoms with van der Waals surface area (Å²) in [5.74, 6) is 0.773. The molecule has 1 aromatic rings. The third-order valence-electron chi connectivity index (χ3n) is 2.70. The molecule has 18 heavy (non-hydrogen) atoms. The van der Waals surface area contributed by atoms with E-state index in [0.29, 0.717) is 13.2 Å². The van der Waals surface area contributed by atoms with Gasteiger partial charge in [0.1, 0.15) is 18.5 Å². The molecule has 0 aromatic heterocycles. The zero-order valence-electron chi connectivity index (χ0n) is 10.6. The molecule has 2 rings (SSSR count). The molecule has 1 unspecified atom stereocenters. The van der Waals surface area contributed by atoms with Crippen LogP contribution < -0.4 is 9.64 Å². The van der Waals surface area contributed by atoms with E-state index in [9.17, 15) is 4.79 Å². The lowest BCUT2D eigenvalue weighted by Crippen LogP contribution is -2.30. The number of carbonyl (C=O) groups excluding carboxylic acids is 1. The van der Waals surface area contributed by atoms with Crippen LogP contribution in [0.1, 0.15) is 6.92 Å². The van der Waals surface area contributed by atoms with Crippen molar-refractivity contribution >= 4 is 11.8 Å². The van der Waals surface area contributed by atoms with Crippen LogP contribution in [0.4, 0.5) is 10.5 Å². The summed E-state index contributed by atoms with van der Waals surface area (Å²) in [6.07, 6.45) is -0.121. The zero-order chi connectivity index (χ0) is 13.0. The van der Waals surface area contributed by atoms with Gasteiger partial charge in [-0.1, -0.05) is 0 Å². The van der Waals surface area contributed by atoms with Gasteiger partial charge in [-0.15, -0.1) is 0 Å². The topological polar surface area (TPSA) is 51.3 Å². The maximum absolute atomic E-state index is 11.5. The highest BCUT2D eigenvalue weighted by molar-refractivity contribution is 5.87. The second kappa shape index (κ2) is 5.73. The van der Waals surface area contributed by atoms with E-state index in [1.165, 1.54) is 7.11 Å². The van der Waals surface area contributed by atoms with Gasteiger partial charge in [0, 0.05) is 12.2 Å². The van der Waals surface area contributed by atoms with Crippen molar-refractivity contribution in [3.8, 4) is 5.75 Å². The average Bonchev–Trinajstić information content (AvgIpc) is 3.22. The lowest BCUT2D eigenvalue weighted by molar-refractivity contribution is 0.179. The summed E-state index contributed by atoms with van der Waals surface area (Å²) in [7, 11) is 1.37. The van der Waals surface area contributed by atoms with Crippen LogP contribution in [0.2, 0.25) is 0 Å². The largest absolute Gasteiger partial charge is 0.491 e. The molecule has 0 aliphatic carbocycles. The van der Waals surface area contributed by atoms with Gasteiger partial charge in [0.25, 0.3) is 0 Å². The van der Waals surface area contributed by atoms with Gasteiger partial charge in [0.2, 0.25) is 0 Å². The lowest BCUT2D eigenvalue weighted by Gasteiger charge is -2.19. The van der Waals surface area contributed by atoms with Gasteiger partial charge in [0.05, 0.1) is 13.7 Å². The van der Waals surface area contributed by atoms with Crippen molar-refractivity contribution in [2.75, 3.05) is 31.8 Å². The summed E-state index contributed by atoms with van der Waals surface area (Å²) in [4.78, 5) is 13.1. The smallest absolute Gasteiger partial charge is 0.413 e. The SMILES string of the molecule is CCN(C(=O)OC)c1ccc(OCC2CO2)cc1. The van der Waals surface area contributed by atoms with Gasteiger partial charge < -0.3 is 14.2 Å². The standard InChI is InChI=1S/C13H17NO4/c1-3-14(13(15)16-2)10-4-6-11(7-5-10)17-8-12-9-18-12/h4-7,12H,3,8-9H2,1-2H3. The summed E-state index contributed by atoms with van der Waals surface area (Å²) in [5.41, 5.74) is 0.791. The first kappa shape index (κ1) is 12.7. The summed E-state index contributed by atoms with van der Waals surface area (Å²) < 4.78 is 15.3. The van der Waals surface area contributed by atoms with Gasteiger partial charge in [-0.3, -0.25) is 4.90 Å². The fraction of sp³-hybridized carbons (Fsp3) is 0.462. The van der Waals surface area contributed by atoms with E-state index in [4.69, 9.17) is 14.2 Å². The fourth-order valence-corrected chi connectivity index (χ4v) is 1.60. The number of rotatable bonds is 5. The maximum atomic E-state index is 11.5. The molecular formula is C13H17NO4. The molecule has 0 N–H and O–H groups in total. The molecule has 0 spiro atoms. The van der Waals surface area contributed by atoms with Crippen LogP contribution in [0.3, 0.4) is 0 Å². The van der Waals surface area contributed by atoms with E-state index in [1.807, 2.05) is 31.2 Å². The van der Waals surface area contributed by atoms with Gasteiger partial charge >= 0.3 is 6.09 Å². The highest BCUT2D eigenvalue weighted by atomic mass is 16.6. The Morgan fingerprint density at radius 1 is 1.44 bits per heavy atom. The van der Waals surface area contributed by atoms with Crippen LogP contribution in [0.5, 0.6) is 5.75 Å². The van der Waals surface area contributed by atoms with Crippen molar-refractivity contribution in [3.63, 3.8) is 0 Å². The second-order valence-electron chi connectivity index (χ2n) is 3.97. The van der Waals surface area contributed by atoms with Crippen LogP contribution in [-0.4, -0.2) is 39.1 Å². The van der Waals surface area contributed by atoms with E-state index in [-0.39, 0.29) is 12.2 Å². The summed E-state index contributed by atoms with van der Waals surface area (Å²) >= 11 is 0. The first-order chi connectivity index (χ1) is 8.74. The molecule has 0 saturated carbocycles. The predicted molar refractivity (Wildman–Crippen MR) is 67.1 cm³/mol. The molecule has 1 heterocycles. The number of ether oxygens (including phenoxy) is 3. The highest BCUT2D eigenvalue weighted by Crippen LogP contribution is 2.21. The molecule has 1 saturated heterocycles. The Bertz CT molecular complexity index is 400. The Hall–Kier alpha value is -1.75. The molecule has 1 aliphatic heterocycles. The van der Waals surface area contributed by atoms with E-state index >= 15 is 0 Å². The van der Waals surface area contributed by atoms with Crippen LogP contribution in [0.15, 0.2) is 24.3 Å². The van der Waals surface area contributed by atoms with E-state index < -0.39 is 0 Å². The average molecular weight is 251 g/mol. The normalized spacial score (nSPS) is 17.1. The Balaban J connectivity index is 1.98. The molecule has 1 aliphatic rings. The predicted octanol–water partition coefficient (Wildman–Crippen LogP) is 2.06. The highest BCUT2D eigenvalue weighted by Gasteiger charge is 2.23. The van der Waals surface area contributed by atoms with Crippen LogP contribution in [0.25, 0.3) is 0 Å². The van der Waals surface area contributed by atoms with Gasteiger partial charge in [-0.2, -0.15) is 0 Å². The Morgan fingerprint density at radius 2 is 2.11 bits per heavy atom. The van der Waals surface area contributed by atoms with E-state index in [2.05, 4.69) is 0 Å². The Kier molecular flexibility index (Phi) is 4.04. The monoisotopic (exact) mass is 251 g/mol. The summed E-state index contributed by atoms with van der Waals surface area (Å²) in [6, 6.07) is 7.35. The molecule has 5 heteroatoms. The molecule has 98 valence electrons. The number of carbonyl (C=O) groups is 1. The minimum Gasteiger partial charge on any atom is -0.491 e. The van der Waals surface area contributed by atoms with Gasteiger partial charge in [-0.05, 0) is 31.2 Å². The molecule has 0 bridgehead atoms. The minimum absolute atomic E-state index is 0.242. The number of methoxy groups -OCH3 is 1. The number of benzene rings is 1. The maximum Gasteiger partial charge on any atom is 0.413 e. The third-order valence-corrected chi connectivity index (χ3v) is 2.70. The first-order valence-corrected chi connectivity index (χ1v) is 5.94. The van der Waals surface area contributed by atoms with Crippen molar-refractivity contribution in [2.24, 2.45) is 0 Å². The third kappa shape index (κ3) is 3.13. The van der Waals surface area contributed by atoms with E-state index in [1.54, 1.807) is 4.90 Å². The zero-order valence-corrected chi connectivity index (χ0v) is 10.6. The van der Waals surface area contributed by atoms with Crippen LogP contribution in [-0.2, 0) is 9.47 Å². The Morgan fingerprint density at radius 3 is 2.61 bits per heavy atom. The lowest BCUT2D eigenvalue weighted by atomic mass is 10.3. The molecular weight excluding hydrogens is 234 g/mol. The minimum atomic E-state index is -0.363. The van der Waals surface area contributed by atoms with Crippen molar-refractivity contribution in [1.29, 1.82) is 0 Å². The van der Waals surface area contributed by atoms with Crippen molar-refractivity contribution in [2.45, 2.75) is 13.0 Å². The number of nitrogens with zero attached hydrogens (tertiary/aromatic N) is 1. The molecule has 1 amide bonds. The number of anilines is 1. The quantitative estimate of drug-likeness (QED) is 0.752. The second-order valence-corrected chi connectivity index (χ2v) is 3.97. The van der Waals surface area contributed by atoms with Gasteiger partial charge in [0.15, 0.2) is 0 Å². The molecule has 1 atom stereocenters. The van der Waals surface area contributed by atoms with Crippen LogP contribution in [0, 0.1) is 0 Å². The molecule has 1 fully saturated rings. The number of hydrogen-bond donors (Lipinski definition) is 0. The number of epoxide rings is 1. The summed E-state index contributed by atoms with van der Waals surface area (Å²) in [6.45, 7) is 3.81. The van der Waals surface area contributed by atoms with Crippen LogP contribution >= 0.6 is 0 Å². The molecule has 0 radical (unpaired) electrons. The van der Waals surface area contributed by atoms with E-state index in [0.717, 1.165) is 18.0 Å². The van der Waals surface area contributed by atoms with Crippen molar-refractivity contribution in [3.05, 3.63) is 24.3 Å². The van der Waals surface area contributed by atoms with Gasteiger partial charge in [-0.25, -0.2) is 4.79 Å².